The second-order valence-corrected chi connectivity index (χ2v) is 8.20. The lowest BCUT2D eigenvalue weighted by atomic mass is 10.1. The van der Waals surface area contributed by atoms with Crippen LogP contribution in [-0.4, -0.2) is 10.9 Å². The molecule has 2 heterocycles. The highest BCUT2D eigenvalue weighted by Crippen LogP contribution is 2.27. The normalized spacial score (nSPS) is 11.3. The number of benzene rings is 2. The average molecular weight is 493 g/mol. The van der Waals surface area contributed by atoms with Crippen molar-refractivity contribution in [2.75, 3.05) is 5.32 Å². The SMILES string of the molecule is N#C/C(=C\Nc1ccc(C(N)=O)cc1)c1nc(-c2cc3cc(Br)ccc3oc2=O)cs1. The van der Waals surface area contributed by atoms with Crippen LogP contribution in [0.2, 0.25) is 0 Å². The number of primary amides is 1. The summed E-state index contributed by atoms with van der Waals surface area (Å²) in [6.45, 7) is 0. The van der Waals surface area contributed by atoms with E-state index in [4.69, 9.17) is 10.2 Å². The number of rotatable bonds is 5. The van der Waals surface area contributed by atoms with Gasteiger partial charge in [0.25, 0.3) is 0 Å². The second kappa shape index (κ2) is 8.55. The number of anilines is 1. The molecule has 0 aliphatic carbocycles. The van der Waals surface area contributed by atoms with Crippen molar-refractivity contribution in [1.29, 1.82) is 5.26 Å². The maximum Gasteiger partial charge on any atom is 0.345 e. The van der Waals surface area contributed by atoms with Crippen LogP contribution < -0.4 is 16.7 Å². The molecule has 0 aliphatic rings. The Bertz CT molecular complexity index is 1430. The molecule has 0 saturated heterocycles. The number of hydrogen-bond acceptors (Lipinski definition) is 7. The Kier molecular flexibility index (Phi) is 5.66. The number of aromatic nitrogens is 1. The molecular weight excluding hydrogens is 480 g/mol. The predicted octanol–water partition coefficient (Wildman–Crippen LogP) is 4.75. The molecule has 0 aliphatic heterocycles. The van der Waals surface area contributed by atoms with Gasteiger partial charge < -0.3 is 15.5 Å². The maximum atomic E-state index is 12.4. The number of fused-ring (bicyclic) bond motifs is 1. The number of allylic oxidation sites excluding steroid dienone is 1. The van der Waals surface area contributed by atoms with Crippen molar-refractivity contribution in [2.45, 2.75) is 0 Å². The smallest absolute Gasteiger partial charge is 0.345 e. The van der Waals surface area contributed by atoms with E-state index >= 15 is 0 Å². The zero-order valence-corrected chi connectivity index (χ0v) is 18.2. The van der Waals surface area contributed by atoms with Gasteiger partial charge in [-0.05, 0) is 48.5 Å². The number of carbonyl (C=O) groups is 1. The van der Waals surface area contributed by atoms with Crippen LogP contribution in [0.25, 0.3) is 27.8 Å². The van der Waals surface area contributed by atoms with Gasteiger partial charge in [-0.15, -0.1) is 11.3 Å². The van der Waals surface area contributed by atoms with E-state index in [1.54, 1.807) is 47.8 Å². The molecule has 3 N–H and O–H groups in total. The molecule has 0 atom stereocenters. The number of halogens is 1. The summed E-state index contributed by atoms with van der Waals surface area (Å²) in [5.74, 6) is -0.513. The Labute approximate surface area is 188 Å². The lowest BCUT2D eigenvalue weighted by molar-refractivity contribution is 0.100. The maximum absolute atomic E-state index is 12.4. The number of thiazole rings is 1. The molecular formula is C22H13BrN4O3S. The third-order valence-corrected chi connectivity index (χ3v) is 5.75. The van der Waals surface area contributed by atoms with E-state index in [0.717, 1.165) is 9.86 Å². The number of nitrogens with two attached hydrogens (primary N) is 1. The molecule has 31 heavy (non-hydrogen) atoms. The molecule has 4 aromatic rings. The summed E-state index contributed by atoms with van der Waals surface area (Å²) in [5, 5.41) is 15.5. The van der Waals surface area contributed by atoms with Gasteiger partial charge in [0.1, 0.15) is 22.2 Å². The van der Waals surface area contributed by atoms with Crippen molar-refractivity contribution in [2.24, 2.45) is 5.73 Å². The van der Waals surface area contributed by atoms with E-state index in [-0.39, 0.29) is 0 Å². The van der Waals surface area contributed by atoms with Crippen LogP contribution in [0.3, 0.4) is 0 Å². The second-order valence-electron chi connectivity index (χ2n) is 6.42. The monoisotopic (exact) mass is 492 g/mol. The quantitative estimate of drug-likeness (QED) is 0.306. The van der Waals surface area contributed by atoms with E-state index in [0.29, 0.717) is 38.7 Å². The number of carbonyl (C=O) groups excluding carboxylic acids is 1. The third kappa shape index (κ3) is 4.40. The fraction of sp³-hybridized carbons (Fsp3) is 0. The minimum atomic E-state index is -0.513. The van der Waals surface area contributed by atoms with E-state index < -0.39 is 11.5 Å². The van der Waals surface area contributed by atoms with Crippen LogP contribution >= 0.6 is 27.3 Å². The van der Waals surface area contributed by atoms with Gasteiger partial charge in [0.15, 0.2) is 0 Å². The Morgan fingerprint density at radius 3 is 2.71 bits per heavy atom. The number of nitrogens with one attached hydrogen (secondary N) is 1. The van der Waals surface area contributed by atoms with Gasteiger partial charge in [0, 0.05) is 32.7 Å². The van der Waals surface area contributed by atoms with Crippen molar-refractivity contribution < 1.29 is 9.21 Å². The lowest BCUT2D eigenvalue weighted by Gasteiger charge is -2.02. The largest absolute Gasteiger partial charge is 0.422 e. The molecule has 0 fully saturated rings. The van der Waals surface area contributed by atoms with Crippen molar-refractivity contribution in [3.05, 3.63) is 85.6 Å². The fourth-order valence-electron chi connectivity index (χ4n) is 2.82. The molecule has 1 amide bonds. The summed E-state index contributed by atoms with van der Waals surface area (Å²) in [5.41, 5.74) is 7.33. The van der Waals surface area contributed by atoms with E-state index in [2.05, 4.69) is 32.3 Å². The molecule has 4 rings (SSSR count). The van der Waals surface area contributed by atoms with Crippen LogP contribution in [0.15, 0.2) is 73.8 Å². The molecule has 152 valence electrons. The summed E-state index contributed by atoms with van der Waals surface area (Å²) < 4.78 is 6.26. The Hall–Kier alpha value is -3.74. The van der Waals surface area contributed by atoms with E-state index in [9.17, 15) is 14.9 Å². The minimum Gasteiger partial charge on any atom is -0.422 e. The van der Waals surface area contributed by atoms with Crippen molar-refractivity contribution in [3.63, 3.8) is 0 Å². The molecule has 0 spiro atoms. The zero-order valence-electron chi connectivity index (χ0n) is 15.8. The number of amides is 1. The molecule has 0 radical (unpaired) electrons. The molecule has 2 aromatic carbocycles. The van der Waals surface area contributed by atoms with Gasteiger partial charge in [-0.2, -0.15) is 5.26 Å². The summed E-state index contributed by atoms with van der Waals surface area (Å²) in [4.78, 5) is 28.0. The van der Waals surface area contributed by atoms with Crippen LogP contribution in [0.1, 0.15) is 15.4 Å². The fourth-order valence-corrected chi connectivity index (χ4v) is 3.99. The first kappa shape index (κ1) is 20.5. The van der Waals surface area contributed by atoms with Crippen molar-refractivity contribution in [3.8, 4) is 17.3 Å². The van der Waals surface area contributed by atoms with Crippen LogP contribution in [0.4, 0.5) is 5.69 Å². The number of nitrogens with zero attached hydrogens (tertiary/aromatic N) is 2. The molecule has 9 heteroatoms. The topological polar surface area (TPSA) is 122 Å². The first-order valence-electron chi connectivity index (χ1n) is 8.91. The highest BCUT2D eigenvalue weighted by molar-refractivity contribution is 9.10. The predicted molar refractivity (Wildman–Crippen MR) is 123 cm³/mol. The Balaban J connectivity index is 1.62. The van der Waals surface area contributed by atoms with Gasteiger partial charge in [-0.3, -0.25) is 4.79 Å². The first-order chi connectivity index (χ1) is 14.9. The highest BCUT2D eigenvalue weighted by Gasteiger charge is 2.14. The zero-order chi connectivity index (χ0) is 22.0. The standard InChI is InChI=1S/C22H13BrN4O3S/c23-15-3-6-19-13(7-15)8-17(22(29)30-19)18-11-31-21(27-18)14(9-24)10-26-16-4-1-12(2-5-16)20(25)28/h1-8,10-11,26H,(H2,25,28)/b14-10+. The van der Waals surface area contributed by atoms with Crippen LogP contribution in [-0.2, 0) is 0 Å². The number of nitriles is 1. The van der Waals surface area contributed by atoms with E-state index in [1.165, 1.54) is 17.5 Å². The molecule has 0 bridgehead atoms. The lowest BCUT2D eigenvalue weighted by Crippen LogP contribution is -2.10. The van der Waals surface area contributed by atoms with Crippen LogP contribution in [0, 0.1) is 11.3 Å². The third-order valence-electron chi connectivity index (χ3n) is 4.38. The van der Waals surface area contributed by atoms with Gasteiger partial charge >= 0.3 is 5.63 Å². The average Bonchev–Trinajstić information content (AvgIpc) is 3.24. The summed E-state index contributed by atoms with van der Waals surface area (Å²) >= 11 is 4.65. The van der Waals surface area contributed by atoms with Gasteiger partial charge in [-0.25, -0.2) is 9.78 Å². The first-order valence-corrected chi connectivity index (χ1v) is 10.6. The van der Waals surface area contributed by atoms with Gasteiger partial charge in [-0.1, -0.05) is 15.9 Å². The van der Waals surface area contributed by atoms with Crippen molar-refractivity contribution >= 4 is 55.4 Å². The highest BCUT2D eigenvalue weighted by atomic mass is 79.9. The molecule has 7 nitrogen and oxygen atoms in total. The Morgan fingerprint density at radius 2 is 2.00 bits per heavy atom. The van der Waals surface area contributed by atoms with Crippen LogP contribution in [0.5, 0.6) is 0 Å². The van der Waals surface area contributed by atoms with Crippen molar-refractivity contribution in [1.82, 2.24) is 4.98 Å². The summed E-state index contributed by atoms with van der Waals surface area (Å²) in [7, 11) is 0. The molecule has 0 saturated carbocycles. The van der Waals surface area contributed by atoms with Gasteiger partial charge in [0.2, 0.25) is 5.91 Å². The van der Waals surface area contributed by atoms with Gasteiger partial charge in [0.05, 0.1) is 11.3 Å². The van der Waals surface area contributed by atoms with E-state index in [1.807, 2.05) is 6.07 Å². The summed E-state index contributed by atoms with van der Waals surface area (Å²) in [6, 6.07) is 15.7. The Morgan fingerprint density at radius 1 is 1.23 bits per heavy atom. The summed E-state index contributed by atoms with van der Waals surface area (Å²) in [6.07, 6.45) is 1.52. The molecule has 2 aromatic heterocycles. The minimum absolute atomic E-state index is 0.295. The molecule has 0 unspecified atom stereocenters. The number of hydrogen-bond donors (Lipinski definition) is 2.